The molecule has 4 nitrogen and oxygen atoms in total. The number of aryl methyl sites for hydroxylation is 2. The molecule has 1 aliphatic heterocycles. The minimum atomic E-state index is -0.0633. The van der Waals surface area contributed by atoms with Crippen LogP contribution in [0.15, 0.2) is 12.1 Å². The zero-order chi connectivity index (χ0) is 14.7. The van der Waals surface area contributed by atoms with Gasteiger partial charge in [-0.05, 0) is 37.5 Å². The molecule has 1 fully saturated rings. The normalized spacial score (nSPS) is 23.9. The van der Waals surface area contributed by atoms with E-state index in [9.17, 15) is 5.11 Å². The molecule has 0 amide bonds. The van der Waals surface area contributed by atoms with Gasteiger partial charge in [0.2, 0.25) is 0 Å². The fraction of sp³-hybridized carbons (Fsp3) is 0.625. The van der Waals surface area contributed by atoms with Crippen molar-refractivity contribution in [2.24, 2.45) is 0 Å². The molecular formula is C16H25NO3. The van der Waals surface area contributed by atoms with Crippen LogP contribution in [-0.2, 0) is 11.3 Å². The van der Waals surface area contributed by atoms with Gasteiger partial charge >= 0.3 is 0 Å². The second kappa shape index (κ2) is 6.57. The summed E-state index contributed by atoms with van der Waals surface area (Å²) in [6, 6.07) is 4.74. The van der Waals surface area contributed by atoms with Crippen LogP contribution in [0.1, 0.15) is 23.6 Å². The van der Waals surface area contributed by atoms with E-state index in [0.717, 1.165) is 18.8 Å². The third-order valence-electron chi connectivity index (χ3n) is 3.95. The molecule has 1 saturated heterocycles. The Morgan fingerprint density at radius 1 is 1.35 bits per heavy atom. The lowest BCUT2D eigenvalue weighted by Gasteiger charge is -2.37. The summed E-state index contributed by atoms with van der Waals surface area (Å²) in [5.41, 5.74) is 3.62. The number of rotatable bonds is 4. The molecule has 1 N–H and O–H groups in total. The van der Waals surface area contributed by atoms with Crippen molar-refractivity contribution in [2.45, 2.75) is 39.5 Å². The maximum Gasteiger partial charge on any atom is 0.124 e. The van der Waals surface area contributed by atoms with Crippen molar-refractivity contribution < 1.29 is 14.6 Å². The third-order valence-corrected chi connectivity index (χ3v) is 3.95. The van der Waals surface area contributed by atoms with Crippen molar-refractivity contribution in [1.82, 2.24) is 4.90 Å². The summed E-state index contributed by atoms with van der Waals surface area (Å²) >= 11 is 0. The summed E-state index contributed by atoms with van der Waals surface area (Å²) in [5.74, 6) is 0.969. The van der Waals surface area contributed by atoms with E-state index >= 15 is 0 Å². The number of aliphatic hydroxyl groups is 1. The number of ether oxygens (including phenoxy) is 2. The molecule has 20 heavy (non-hydrogen) atoms. The maximum absolute atomic E-state index is 9.25. The first-order valence-electron chi connectivity index (χ1n) is 7.15. The average molecular weight is 279 g/mol. The molecule has 2 unspecified atom stereocenters. The molecule has 4 heteroatoms. The zero-order valence-electron chi connectivity index (χ0n) is 12.8. The highest BCUT2D eigenvalue weighted by atomic mass is 16.5. The van der Waals surface area contributed by atoms with E-state index in [1.54, 1.807) is 7.11 Å². The van der Waals surface area contributed by atoms with Gasteiger partial charge in [0.1, 0.15) is 5.75 Å². The summed E-state index contributed by atoms with van der Waals surface area (Å²) in [4.78, 5) is 2.37. The van der Waals surface area contributed by atoms with Gasteiger partial charge in [-0.15, -0.1) is 0 Å². The zero-order valence-corrected chi connectivity index (χ0v) is 12.8. The molecule has 1 aliphatic rings. The van der Waals surface area contributed by atoms with Crippen LogP contribution in [0.3, 0.4) is 0 Å². The van der Waals surface area contributed by atoms with E-state index < -0.39 is 0 Å². The fourth-order valence-corrected chi connectivity index (χ4v) is 2.89. The summed E-state index contributed by atoms with van der Waals surface area (Å²) < 4.78 is 11.0. The molecule has 2 atom stereocenters. The number of nitrogens with zero attached hydrogens (tertiary/aromatic N) is 1. The highest BCUT2D eigenvalue weighted by molar-refractivity contribution is 5.43. The van der Waals surface area contributed by atoms with Crippen LogP contribution >= 0.6 is 0 Å². The van der Waals surface area contributed by atoms with Crippen molar-refractivity contribution in [2.75, 3.05) is 26.9 Å². The first-order chi connectivity index (χ1) is 9.55. The van der Waals surface area contributed by atoms with E-state index in [1.807, 2.05) is 0 Å². The molecule has 1 aromatic rings. The number of hydrogen-bond acceptors (Lipinski definition) is 4. The van der Waals surface area contributed by atoms with Crippen LogP contribution in [-0.4, -0.2) is 49.0 Å². The van der Waals surface area contributed by atoms with Gasteiger partial charge in [0.05, 0.1) is 26.4 Å². The minimum Gasteiger partial charge on any atom is -0.496 e. The highest BCUT2D eigenvalue weighted by Crippen LogP contribution is 2.25. The van der Waals surface area contributed by atoms with Crippen LogP contribution < -0.4 is 4.74 Å². The largest absolute Gasteiger partial charge is 0.496 e. The van der Waals surface area contributed by atoms with Gasteiger partial charge in [0, 0.05) is 19.1 Å². The molecule has 1 heterocycles. The first kappa shape index (κ1) is 15.3. The molecule has 0 aromatic heterocycles. The minimum absolute atomic E-state index is 0.0633. The maximum atomic E-state index is 9.25. The SMILES string of the molecule is COc1c(C)cc(CN2CC(CO)OCC2C)cc1C. The molecule has 0 radical (unpaired) electrons. The molecule has 0 spiro atoms. The van der Waals surface area contributed by atoms with Crippen LogP contribution in [0.2, 0.25) is 0 Å². The van der Waals surface area contributed by atoms with Gasteiger partial charge in [-0.25, -0.2) is 0 Å². The number of aliphatic hydroxyl groups excluding tert-OH is 1. The van der Waals surface area contributed by atoms with Crippen LogP contribution in [0.5, 0.6) is 5.75 Å². The average Bonchev–Trinajstić information content (AvgIpc) is 2.41. The van der Waals surface area contributed by atoms with Gasteiger partial charge in [0.25, 0.3) is 0 Å². The Hall–Kier alpha value is -1.10. The lowest BCUT2D eigenvalue weighted by atomic mass is 10.0. The van der Waals surface area contributed by atoms with E-state index in [1.165, 1.54) is 16.7 Å². The lowest BCUT2D eigenvalue weighted by Crippen LogP contribution is -2.48. The highest BCUT2D eigenvalue weighted by Gasteiger charge is 2.25. The van der Waals surface area contributed by atoms with Crippen LogP contribution in [0, 0.1) is 13.8 Å². The van der Waals surface area contributed by atoms with Crippen molar-refractivity contribution in [3.05, 3.63) is 28.8 Å². The van der Waals surface area contributed by atoms with E-state index in [2.05, 4.69) is 37.8 Å². The Morgan fingerprint density at radius 3 is 2.55 bits per heavy atom. The Balaban J connectivity index is 2.12. The Morgan fingerprint density at radius 2 is 2.00 bits per heavy atom. The van der Waals surface area contributed by atoms with Crippen molar-refractivity contribution in [3.8, 4) is 5.75 Å². The molecular weight excluding hydrogens is 254 g/mol. The van der Waals surface area contributed by atoms with E-state index in [-0.39, 0.29) is 12.7 Å². The molecule has 0 saturated carbocycles. The summed E-state index contributed by atoms with van der Waals surface area (Å²) in [5, 5.41) is 9.25. The standard InChI is InChI=1S/C16H25NO3/c1-11-5-14(6-12(2)16(11)19-4)7-17-8-15(9-18)20-10-13(17)3/h5-6,13,15,18H,7-10H2,1-4H3. The molecule has 112 valence electrons. The predicted molar refractivity (Wildman–Crippen MR) is 79.2 cm³/mol. The van der Waals surface area contributed by atoms with E-state index in [0.29, 0.717) is 12.6 Å². The van der Waals surface area contributed by atoms with Gasteiger partial charge in [-0.1, -0.05) is 12.1 Å². The van der Waals surface area contributed by atoms with Gasteiger partial charge < -0.3 is 14.6 Å². The van der Waals surface area contributed by atoms with Gasteiger partial charge in [0.15, 0.2) is 0 Å². The van der Waals surface area contributed by atoms with Crippen LogP contribution in [0.25, 0.3) is 0 Å². The number of methoxy groups -OCH3 is 1. The number of hydrogen-bond donors (Lipinski definition) is 1. The molecule has 0 aliphatic carbocycles. The Bertz CT molecular complexity index is 438. The van der Waals surface area contributed by atoms with Crippen molar-refractivity contribution in [1.29, 1.82) is 0 Å². The molecule has 1 aromatic carbocycles. The van der Waals surface area contributed by atoms with Crippen molar-refractivity contribution in [3.63, 3.8) is 0 Å². The second-order valence-corrected chi connectivity index (χ2v) is 5.68. The Labute approximate surface area is 121 Å². The third kappa shape index (κ3) is 3.32. The predicted octanol–water partition coefficient (Wildman–Crippen LogP) is 1.89. The second-order valence-electron chi connectivity index (χ2n) is 5.68. The van der Waals surface area contributed by atoms with Gasteiger partial charge in [-0.2, -0.15) is 0 Å². The van der Waals surface area contributed by atoms with E-state index in [4.69, 9.17) is 9.47 Å². The lowest BCUT2D eigenvalue weighted by molar-refractivity contribution is -0.0805. The van der Waals surface area contributed by atoms with Crippen molar-refractivity contribution >= 4 is 0 Å². The fourth-order valence-electron chi connectivity index (χ4n) is 2.89. The monoisotopic (exact) mass is 279 g/mol. The Kier molecular flexibility index (Phi) is 5.02. The topological polar surface area (TPSA) is 41.9 Å². The smallest absolute Gasteiger partial charge is 0.124 e. The van der Waals surface area contributed by atoms with Gasteiger partial charge in [-0.3, -0.25) is 4.90 Å². The first-order valence-corrected chi connectivity index (χ1v) is 7.15. The number of benzene rings is 1. The quantitative estimate of drug-likeness (QED) is 0.914. The van der Waals surface area contributed by atoms with Crippen LogP contribution in [0.4, 0.5) is 0 Å². The summed E-state index contributed by atoms with van der Waals surface area (Å²) in [7, 11) is 1.71. The molecule has 2 rings (SSSR count). The summed E-state index contributed by atoms with van der Waals surface area (Å²) in [6.45, 7) is 8.75. The molecule has 0 bridgehead atoms. The number of morpholine rings is 1. The summed E-state index contributed by atoms with van der Waals surface area (Å²) in [6.07, 6.45) is -0.0633.